The molecule has 1 saturated heterocycles. The number of rotatable bonds is 4. The monoisotopic (exact) mass is 464 g/mol. The molecular formula is C26H32N4O2S. The second kappa shape index (κ2) is 8.85. The molecule has 1 atom stereocenters. The predicted molar refractivity (Wildman–Crippen MR) is 133 cm³/mol. The van der Waals surface area contributed by atoms with Crippen LogP contribution in [-0.2, 0) is 4.79 Å². The minimum absolute atomic E-state index is 0.212. The van der Waals surface area contributed by atoms with Gasteiger partial charge < -0.3 is 15.3 Å². The van der Waals surface area contributed by atoms with Gasteiger partial charge in [0.15, 0.2) is 0 Å². The molecule has 6 rings (SSSR count). The summed E-state index contributed by atoms with van der Waals surface area (Å²) in [6, 6.07) is 12.7. The fraction of sp³-hybridized carbons (Fsp3) is 0.500. The van der Waals surface area contributed by atoms with E-state index in [2.05, 4.69) is 38.2 Å². The van der Waals surface area contributed by atoms with E-state index in [1.807, 2.05) is 17.8 Å². The first-order chi connectivity index (χ1) is 16.1. The third-order valence-electron chi connectivity index (χ3n) is 7.71. The van der Waals surface area contributed by atoms with Gasteiger partial charge in [0.2, 0.25) is 5.91 Å². The number of nitrogens with zero attached hydrogens (tertiary/aromatic N) is 3. The van der Waals surface area contributed by atoms with Gasteiger partial charge in [0.05, 0.1) is 6.54 Å². The van der Waals surface area contributed by atoms with E-state index >= 15 is 0 Å². The summed E-state index contributed by atoms with van der Waals surface area (Å²) in [7, 11) is 0. The molecule has 1 aliphatic carbocycles. The van der Waals surface area contributed by atoms with Crippen molar-refractivity contribution in [1.82, 2.24) is 20.0 Å². The number of benzene rings is 2. The number of phenolic OH excluding ortho intramolecular Hbond substituents is 1. The third-order valence-corrected chi connectivity index (χ3v) is 9.00. The Balaban J connectivity index is 1.04. The van der Waals surface area contributed by atoms with Crippen LogP contribution >= 0.6 is 11.8 Å². The molecular weight excluding hydrogens is 432 g/mol. The van der Waals surface area contributed by atoms with E-state index in [9.17, 15) is 9.90 Å². The summed E-state index contributed by atoms with van der Waals surface area (Å²) in [5.74, 6) is 0.591. The molecule has 0 radical (unpaired) electrons. The van der Waals surface area contributed by atoms with Gasteiger partial charge in [0.1, 0.15) is 11.1 Å². The van der Waals surface area contributed by atoms with E-state index in [4.69, 9.17) is 0 Å². The molecule has 1 unspecified atom stereocenters. The molecule has 1 saturated carbocycles. The lowest BCUT2D eigenvalue weighted by Gasteiger charge is -2.43. The number of amides is 1. The first-order valence-corrected chi connectivity index (χ1v) is 13.1. The van der Waals surface area contributed by atoms with Crippen molar-refractivity contribution in [2.24, 2.45) is 0 Å². The van der Waals surface area contributed by atoms with E-state index in [0.717, 1.165) is 62.5 Å². The highest BCUT2D eigenvalue weighted by Gasteiger charge is 2.33. The lowest BCUT2D eigenvalue weighted by Crippen LogP contribution is -2.55. The Morgan fingerprint density at radius 3 is 2.61 bits per heavy atom. The molecule has 2 N–H and O–H groups in total. The van der Waals surface area contributed by atoms with Crippen molar-refractivity contribution in [3.8, 4) is 5.75 Å². The molecule has 0 spiro atoms. The Morgan fingerprint density at radius 2 is 1.82 bits per heavy atom. The maximum absolute atomic E-state index is 13.0. The number of carbonyl (C=O) groups excluding carboxylic acids is 1. The Hall–Kier alpha value is -2.22. The summed E-state index contributed by atoms with van der Waals surface area (Å²) in [5, 5.41) is 15.8. The molecule has 3 aliphatic heterocycles. The van der Waals surface area contributed by atoms with Gasteiger partial charge in [-0.15, -0.1) is 0 Å². The average Bonchev–Trinajstić information content (AvgIpc) is 3.21. The molecule has 1 amide bonds. The van der Waals surface area contributed by atoms with Crippen molar-refractivity contribution in [1.29, 1.82) is 0 Å². The fourth-order valence-corrected chi connectivity index (χ4v) is 6.79. The number of fused-ring (bicyclic) bond motifs is 1. The van der Waals surface area contributed by atoms with Gasteiger partial charge in [0, 0.05) is 62.3 Å². The standard InChI is InChI=1S/C26H32N4O2S/c31-22-7-6-18-14-20(5-4-19(18)15-22)26-27-23-8-9-28(16-24(23)33-26)17-25(32)30-12-10-29(11-13-30)21-2-1-3-21/h4-7,14-15,21,26-27,31H,1-3,8-13,16-17H2. The normalized spacial score (nSPS) is 24.6. The summed E-state index contributed by atoms with van der Waals surface area (Å²) >= 11 is 1.88. The van der Waals surface area contributed by atoms with Crippen LogP contribution < -0.4 is 5.32 Å². The lowest BCUT2D eigenvalue weighted by atomic mass is 9.91. The van der Waals surface area contributed by atoms with Crippen molar-refractivity contribution < 1.29 is 9.90 Å². The van der Waals surface area contributed by atoms with E-state index in [0.29, 0.717) is 12.3 Å². The van der Waals surface area contributed by atoms with Gasteiger partial charge in [-0.25, -0.2) is 0 Å². The van der Waals surface area contributed by atoms with Crippen LogP contribution in [0.5, 0.6) is 5.75 Å². The van der Waals surface area contributed by atoms with Gasteiger partial charge in [0.25, 0.3) is 0 Å². The summed E-state index contributed by atoms with van der Waals surface area (Å²) in [4.78, 5) is 21.3. The van der Waals surface area contributed by atoms with Crippen molar-refractivity contribution in [3.05, 3.63) is 52.6 Å². The van der Waals surface area contributed by atoms with Crippen LogP contribution in [0.3, 0.4) is 0 Å². The molecule has 2 fully saturated rings. The van der Waals surface area contributed by atoms with Crippen molar-refractivity contribution in [2.45, 2.75) is 37.1 Å². The number of thioether (sulfide) groups is 1. The number of aromatic hydroxyl groups is 1. The number of piperazine rings is 1. The van der Waals surface area contributed by atoms with Crippen molar-refractivity contribution in [2.75, 3.05) is 45.8 Å². The quantitative estimate of drug-likeness (QED) is 0.722. The third kappa shape index (κ3) is 4.34. The highest BCUT2D eigenvalue weighted by atomic mass is 32.2. The molecule has 33 heavy (non-hydrogen) atoms. The van der Waals surface area contributed by atoms with Gasteiger partial charge >= 0.3 is 0 Å². The Morgan fingerprint density at radius 1 is 1.03 bits per heavy atom. The summed E-state index contributed by atoms with van der Waals surface area (Å²) in [6.07, 6.45) is 5.03. The first-order valence-electron chi connectivity index (χ1n) is 12.2. The highest BCUT2D eigenvalue weighted by molar-refractivity contribution is 8.03. The zero-order valence-corrected chi connectivity index (χ0v) is 19.8. The number of hydrogen-bond acceptors (Lipinski definition) is 6. The van der Waals surface area contributed by atoms with Gasteiger partial charge in [-0.3, -0.25) is 14.6 Å². The maximum atomic E-state index is 13.0. The summed E-state index contributed by atoms with van der Waals surface area (Å²) in [6.45, 7) is 6.18. The van der Waals surface area contributed by atoms with Crippen LogP contribution in [0.25, 0.3) is 10.8 Å². The summed E-state index contributed by atoms with van der Waals surface area (Å²) in [5.41, 5.74) is 2.59. The van der Waals surface area contributed by atoms with E-state index in [-0.39, 0.29) is 11.3 Å². The van der Waals surface area contributed by atoms with Crippen LogP contribution in [0.1, 0.15) is 36.6 Å². The molecule has 2 aromatic carbocycles. The van der Waals surface area contributed by atoms with Crippen LogP contribution in [0.4, 0.5) is 0 Å². The zero-order chi connectivity index (χ0) is 22.4. The summed E-state index contributed by atoms with van der Waals surface area (Å²) < 4.78 is 0. The van der Waals surface area contributed by atoms with Crippen LogP contribution in [0.15, 0.2) is 47.0 Å². The van der Waals surface area contributed by atoms with Crippen LogP contribution in [0, 0.1) is 0 Å². The molecule has 3 heterocycles. The molecule has 6 nitrogen and oxygen atoms in total. The molecule has 2 aromatic rings. The number of nitrogens with one attached hydrogen (secondary N) is 1. The van der Waals surface area contributed by atoms with Crippen LogP contribution in [-0.4, -0.2) is 77.6 Å². The predicted octanol–water partition coefficient (Wildman–Crippen LogP) is 3.49. The minimum atomic E-state index is 0.212. The number of phenols is 1. The van der Waals surface area contributed by atoms with Crippen molar-refractivity contribution in [3.63, 3.8) is 0 Å². The molecule has 174 valence electrons. The highest BCUT2D eigenvalue weighted by Crippen LogP contribution is 2.43. The van der Waals surface area contributed by atoms with E-state index in [1.54, 1.807) is 12.1 Å². The van der Waals surface area contributed by atoms with Gasteiger partial charge in [-0.05, 0) is 47.4 Å². The number of carbonyl (C=O) groups is 1. The first kappa shape index (κ1) is 21.3. The minimum Gasteiger partial charge on any atom is -0.508 e. The van der Waals surface area contributed by atoms with Crippen molar-refractivity contribution >= 4 is 28.4 Å². The average molecular weight is 465 g/mol. The van der Waals surface area contributed by atoms with E-state index < -0.39 is 0 Å². The topological polar surface area (TPSA) is 59.1 Å². The fourth-order valence-electron chi connectivity index (χ4n) is 5.46. The second-order valence-electron chi connectivity index (χ2n) is 9.80. The zero-order valence-electron chi connectivity index (χ0n) is 19.0. The van der Waals surface area contributed by atoms with Gasteiger partial charge in [-0.1, -0.05) is 36.4 Å². The maximum Gasteiger partial charge on any atom is 0.236 e. The van der Waals surface area contributed by atoms with Gasteiger partial charge in [-0.2, -0.15) is 0 Å². The second-order valence-corrected chi connectivity index (χ2v) is 11.0. The number of hydrogen-bond donors (Lipinski definition) is 2. The van der Waals surface area contributed by atoms with Crippen LogP contribution in [0.2, 0.25) is 0 Å². The molecule has 7 heteroatoms. The largest absolute Gasteiger partial charge is 0.508 e. The Labute approximate surface area is 199 Å². The lowest BCUT2D eigenvalue weighted by molar-refractivity contribution is -0.134. The Kier molecular flexibility index (Phi) is 5.72. The molecule has 0 bridgehead atoms. The molecule has 0 aromatic heterocycles. The molecule has 4 aliphatic rings. The smallest absolute Gasteiger partial charge is 0.236 e. The van der Waals surface area contributed by atoms with E-state index in [1.165, 1.54) is 35.4 Å². The SMILES string of the molecule is O=C(CN1CCC2=C(C1)SC(c1ccc3cc(O)ccc3c1)N2)N1CCN(C2CCC2)CC1. The Bertz CT molecular complexity index is 1090.